The number of aliphatic hydroxyl groups excluding tert-OH is 1. The molecule has 16 heteroatoms. The molecule has 0 saturated heterocycles. The van der Waals surface area contributed by atoms with E-state index in [-0.39, 0.29) is 30.5 Å². The zero-order chi connectivity index (χ0) is 33.0. The smallest absolute Gasteiger partial charge is 0.416 e. The van der Waals surface area contributed by atoms with Crippen molar-refractivity contribution in [2.75, 3.05) is 5.32 Å². The van der Waals surface area contributed by atoms with E-state index in [4.69, 9.17) is 0 Å². The average Bonchev–Trinajstić information content (AvgIpc) is 3.60. The number of hydrogen-bond donors (Lipinski definition) is 4. The van der Waals surface area contributed by atoms with Crippen LogP contribution in [0.4, 0.5) is 37.0 Å². The van der Waals surface area contributed by atoms with E-state index in [0.29, 0.717) is 25.0 Å². The molecule has 2 amide bonds. The summed E-state index contributed by atoms with van der Waals surface area (Å²) < 4.78 is 81.8. The maximum Gasteiger partial charge on any atom is 0.416 e. The average molecular weight is 633 g/mol. The van der Waals surface area contributed by atoms with Crippen LogP contribution in [-0.4, -0.2) is 65.0 Å². The van der Waals surface area contributed by atoms with E-state index in [1.165, 1.54) is 29.4 Å². The van der Waals surface area contributed by atoms with Crippen LogP contribution in [0, 0.1) is 5.41 Å². The first kappa shape index (κ1) is 34.4. The van der Waals surface area contributed by atoms with Crippen LogP contribution < -0.4 is 5.32 Å². The van der Waals surface area contributed by atoms with Gasteiger partial charge in [-0.2, -0.15) is 31.4 Å². The molecule has 0 fully saturated rings. The van der Waals surface area contributed by atoms with Crippen molar-refractivity contribution in [2.24, 2.45) is 5.41 Å². The fraction of sp³-hybridized carbons (Fsp3) is 0.500. The van der Waals surface area contributed by atoms with E-state index in [1.54, 1.807) is 20.8 Å². The van der Waals surface area contributed by atoms with Gasteiger partial charge in [0.2, 0.25) is 0 Å². The fourth-order valence-corrected chi connectivity index (χ4v) is 4.77. The molecule has 0 bridgehead atoms. The van der Waals surface area contributed by atoms with Gasteiger partial charge in [0.15, 0.2) is 6.10 Å². The normalized spacial score (nSPS) is 14.6. The third-order valence-electron chi connectivity index (χ3n) is 7.06. The third kappa shape index (κ3) is 8.51. The number of H-pyrrole nitrogens is 1. The molecule has 10 nitrogen and oxygen atoms in total. The fourth-order valence-electron chi connectivity index (χ4n) is 4.77. The highest BCUT2D eigenvalue weighted by Crippen LogP contribution is 2.38. The van der Waals surface area contributed by atoms with Crippen LogP contribution in [0.25, 0.3) is 11.3 Å². The maximum atomic E-state index is 13.4. The highest BCUT2D eigenvalue weighted by atomic mass is 19.4. The van der Waals surface area contributed by atoms with Crippen molar-refractivity contribution in [1.82, 2.24) is 24.6 Å². The highest BCUT2D eigenvalue weighted by molar-refractivity contribution is 5.94. The number of hydrogen-bond acceptors (Lipinski definition) is 5. The summed E-state index contributed by atoms with van der Waals surface area (Å²) in [6.07, 6.45) is -8.35. The highest BCUT2D eigenvalue weighted by Gasteiger charge is 2.43. The third-order valence-corrected chi connectivity index (χ3v) is 7.06. The van der Waals surface area contributed by atoms with E-state index in [2.05, 4.69) is 20.5 Å². The summed E-state index contributed by atoms with van der Waals surface area (Å²) in [5.74, 6) is -0.684. The lowest BCUT2D eigenvalue weighted by Gasteiger charge is -2.44. The first-order valence-electron chi connectivity index (χ1n) is 13.6. The van der Waals surface area contributed by atoms with Crippen LogP contribution in [0.5, 0.6) is 0 Å². The van der Waals surface area contributed by atoms with Crippen LogP contribution in [0.3, 0.4) is 0 Å². The largest absolute Gasteiger partial charge is 0.465 e. The number of amides is 2. The number of nitrogens with one attached hydrogen (secondary N) is 2. The number of imidazole rings is 1. The lowest BCUT2D eigenvalue weighted by atomic mass is 9.83. The molecule has 2 heterocycles. The zero-order valence-electron chi connectivity index (χ0n) is 24.4. The first-order chi connectivity index (χ1) is 20.3. The van der Waals surface area contributed by atoms with Crippen molar-refractivity contribution in [2.45, 2.75) is 84.0 Å². The SMILES string of the molecule is CCCC[C@@H]([C@@H](O)C(=O)Nc1ccn[nH]1)N(C(=O)O)[C@H](Cn1cnc(-c2cc(C(F)(F)F)cc(C(F)(F)F)c2)c1)C(C)(C)C. The summed E-state index contributed by atoms with van der Waals surface area (Å²) >= 11 is 0. The number of carboxylic acid groups (broad SMARTS) is 1. The zero-order valence-corrected chi connectivity index (χ0v) is 24.4. The topological polar surface area (TPSA) is 136 Å². The lowest BCUT2D eigenvalue weighted by molar-refractivity contribution is -0.143. The van der Waals surface area contributed by atoms with Crippen LogP contribution >= 0.6 is 0 Å². The predicted octanol–water partition coefficient (Wildman–Crippen LogP) is 6.26. The Morgan fingerprint density at radius 1 is 1.07 bits per heavy atom. The van der Waals surface area contributed by atoms with Crippen molar-refractivity contribution < 1.29 is 46.1 Å². The maximum absolute atomic E-state index is 13.4. The Morgan fingerprint density at radius 3 is 2.16 bits per heavy atom. The minimum absolute atomic E-state index is 0.0190. The van der Waals surface area contributed by atoms with Crippen molar-refractivity contribution in [3.8, 4) is 11.3 Å². The van der Waals surface area contributed by atoms with Gasteiger partial charge in [0.25, 0.3) is 5.91 Å². The number of aliphatic hydroxyl groups is 1. The predicted molar refractivity (Wildman–Crippen MR) is 147 cm³/mol. The molecular weight excluding hydrogens is 598 g/mol. The van der Waals surface area contributed by atoms with Crippen molar-refractivity contribution in [3.05, 3.63) is 54.1 Å². The number of unbranched alkanes of at least 4 members (excludes halogenated alkanes) is 1. The van der Waals surface area contributed by atoms with Gasteiger partial charge in [0.05, 0.1) is 41.4 Å². The molecule has 0 spiro atoms. The number of aromatic amines is 1. The van der Waals surface area contributed by atoms with Crippen LogP contribution in [0.1, 0.15) is 58.1 Å². The van der Waals surface area contributed by atoms with Gasteiger partial charge >= 0.3 is 18.4 Å². The molecule has 3 aromatic rings. The van der Waals surface area contributed by atoms with E-state index < -0.39 is 64.6 Å². The minimum atomic E-state index is -5.05. The van der Waals surface area contributed by atoms with E-state index in [0.717, 1.165) is 4.90 Å². The molecule has 1 aromatic carbocycles. The quantitative estimate of drug-likeness (QED) is 0.184. The summed E-state index contributed by atoms with van der Waals surface area (Å²) in [5.41, 5.74) is -4.45. The number of carbonyl (C=O) groups is 2. The van der Waals surface area contributed by atoms with E-state index >= 15 is 0 Å². The van der Waals surface area contributed by atoms with E-state index in [1.807, 2.05) is 6.92 Å². The Kier molecular flexibility index (Phi) is 10.4. The second-order valence-electron chi connectivity index (χ2n) is 11.4. The molecule has 0 aliphatic rings. The Hall–Kier alpha value is -4.08. The van der Waals surface area contributed by atoms with E-state index in [9.17, 15) is 46.1 Å². The standard InChI is InChI=1S/C28H34F6N6O4/c1-5-6-7-20(23(41)24(42)37-22-8-9-36-38-22)40(25(43)44)21(26(2,3)4)14-39-13-19(35-15-39)16-10-17(27(29,30)31)12-18(11-16)28(32,33)34/h8-13,15,20-21,23,41H,5-7,14H2,1-4H3,(H,43,44)(H2,36,37,38,42)/t20-,21+,23+/m0/s1. The van der Waals surface area contributed by atoms with Crippen molar-refractivity contribution in [3.63, 3.8) is 0 Å². The van der Waals surface area contributed by atoms with Crippen LogP contribution in [0.2, 0.25) is 0 Å². The molecule has 0 aliphatic heterocycles. The number of benzene rings is 1. The Bertz CT molecular complexity index is 1380. The van der Waals surface area contributed by atoms with Gasteiger partial charge in [0, 0.05) is 24.4 Å². The summed E-state index contributed by atoms with van der Waals surface area (Å²) in [6.45, 7) is 6.88. The number of nitrogens with zero attached hydrogens (tertiary/aromatic N) is 4. The molecule has 2 aromatic heterocycles. The monoisotopic (exact) mass is 632 g/mol. The summed E-state index contributed by atoms with van der Waals surface area (Å²) in [4.78, 5) is 30.7. The number of anilines is 1. The van der Waals surface area contributed by atoms with Crippen molar-refractivity contribution in [1.29, 1.82) is 0 Å². The number of rotatable bonds is 11. The molecule has 44 heavy (non-hydrogen) atoms. The Morgan fingerprint density at radius 2 is 1.68 bits per heavy atom. The minimum Gasteiger partial charge on any atom is -0.465 e. The molecular formula is C28H34F6N6O4. The molecule has 0 unspecified atom stereocenters. The molecule has 242 valence electrons. The molecule has 3 rings (SSSR count). The number of carbonyl (C=O) groups excluding carboxylic acids is 1. The van der Waals surface area contributed by atoms with Crippen LogP contribution in [-0.2, 0) is 23.7 Å². The first-order valence-corrected chi connectivity index (χ1v) is 13.6. The Balaban J connectivity index is 2.00. The lowest BCUT2D eigenvalue weighted by Crippen LogP contribution is -2.59. The number of aromatic nitrogens is 4. The molecule has 3 atom stereocenters. The van der Waals surface area contributed by atoms with Gasteiger partial charge in [-0.05, 0) is 30.0 Å². The van der Waals surface area contributed by atoms with Crippen molar-refractivity contribution >= 4 is 17.8 Å². The molecule has 0 radical (unpaired) electrons. The molecule has 0 saturated carbocycles. The van der Waals surface area contributed by atoms with Gasteiger partial charge in [-0.3, -0.25) is 14.8 Å². The molecule has 0 aliphatic carbocycles. The van der Waals surface area contributed by atoms with Gasteiger partial charge < -0.3 is 20.1 Å². The van der Waals surface area contributed by atoms with Gasteiger partial charge in [-0.25, -0.2) is 9.78 Å². The van der Waals surface area contributed by atoms with Gasteiger partial charge in [-0.15, -0.1) is 0 Å². The Labute approximate surface area is 249 Å². The van der Waals surface area contributed by atoms with Crippen LogP contribution in [0.15, 0.2) is 43.0 Å². The second kappa shape index (κ2) is 13.3. The number of alkyl halides is 6. The van der Waals surface area contributed by atoms with Gasteiger partial charge in [0.1, 0.15) is 5.82 Å². The molecule has 4 N–H and O–H groups in total. The number of halogens is 6. The summed E-state index contributed by atoms with van der Waals surface area (Å²) in [7, 11) is 0. The van der Waals surface area contributed by atoms with Gasteiger partial charge in [-0.1, -0.05) is 40.5 Å². The summed E-state index contributed by atoms with van der Waals surface area (Å²) in [6, 6.07) is 0.429. The second-order valence-corrected chi connectivity index (χ2v) is 11.4. The summed E-state index contributed by atoms with van der Waals surface area (Å²) in [5, 5.41) is 30.1.